The van der Waals surface area contributed by atoms with Crippen LogP contribution >= 0.6 is 0 Å². The zero-order chi connectivity index (χ0) is 25.3. The first-order valence-electron chi connectivity index (χ1n) is 12.7. The van der Waals surface area contributed by atoms with Crippen LogP contribution in [0.15, 0.2) is 6.08 Å². The van der Waals surface area contributed by atoms with Crippen LogP contribution in [0.1, 0.15) is 86.1 Å². The molecule has 0 fully saturated rings. The van der Waals surface area contributed by atoms with Crippen LogP contribution < -0.4 is 23.7 Å². The largest absolute Gasteiger partial charge is 0.489 e. The van der Waals surface area contributed by atoms with E-state index in [4.69, 9.17) is 28.4 Å². The summed E-state index contributed by atoms with van der Waals surface area (Å²) in [6.07, 6.45) is 6.86. The molecule has 194 valence electrons. The van der Waals surface area contributed by atoms with Crippen LogP contribution in [-0.4, -0.2) is 45.1 Å². The SMILES string of the molecule is CCCOc1c(C=CC(=O)OC(C)C)c(OCCC)c(OCCC)c(OCCC)c1OCCC. The van der Waals surface area contributed by atoms with Crippen LogP contribution in [0, 0.1) is 0 Å². The van der Waals surface area contributed by atoms with Gasteiger partial charge in [0, 0.05) is 6.08 Å². The molecule has 0 bridgehead atoms. The molecule has 1 aromatic carbocycles. The molecule has 34 heavy (non-hydrogen) atoms. The third-order valence-electron chi connectivity index (χ3n) is 4.30. The summed E-state index contributed by atoms with van der Waals surface area (Å²) in [5.74, 6) is 1.92. The third-order valence-corrected chi connectivity index (χ3v) is 4.30. The number of esters is 1. The molecule has 0 spiro atoms. The van der Waals surface area contributed by atoms with Gasteiger partial charge in [-0.25, -0.2) is 4.79 Å². The van der Waals surface area contributed by atoms with Gasteiger partial charge in [-0.05, 0) is 52.0 Å². The van der Waals surface area contributed by atoms with Gasteiger partial charge in [-0.1, -0.05) is 34.6 Å². The van der Waals surface area contributed by atoms with Crippen molar-refractivity contribution < 1.29 is 33.2 Å². The van der Waals surface area contributed by atoms with E-state index in [0.717, 1.165) is 32.1 Å². The second-order valence-electron chi connectivity index (χ2n) is 8.12. The number of hydrogen-bond acceptors (Lipinski definition) is 7. The van der Waals surface area contributed by atoms with E-state index in [1.165, 1.54) is 6.08 Å². The Balaban J connectivity index is 3.88. The second kappa shape index (κ2) is 17.0. The van der Waals surface area contributed by atoms with Crippen molar-refractivity contribution in [3.8, 4) is 28.7 Å². The lowest BCUT2D eigenvalue weighted by Crippen LogP contribution is -2.12. The summed E-state index contributed by atoms with van der Waals surface area (Å²) in [7, 11) is 0. The number of benzene rings is 1. The van der Waals surface area contributed by atoms with Crippen LogP contribution in [0.5, 0.6) is 28.7 Å². The number of carbonyl (C=O) groups is 1. The van der Waals surface area contributed by atoms with E-state index in [0.29, 0.717) is 67.3 Å². The van der Waals surface area contributed by atoms with Crippen LogP contribution in [0.3, 0.4) is 0 Å². The summed E-state index contributed by atoms with van der Waals surface area (Å²) in [4.78, 5) is 12.3. The van der Waals surface area contributed by atoms with Gasteiger partial charge in [0.05, 0.1) is 44.7 Å². The molecule has 0 unspecified atom stereocenters. The van der Waals surface area contributed by atoms with Crippen molar-refractivity contribution in [2.45, 2.75) is 86.7 Å². The molecule has 0 heterocycles. The maximum absolute atomic E-state index is 12.3. The molecule has 0 saturated heterocycles. The topological polar surface area (TPSA) is 72.5 Å². The van der Waals surface area contributed by atoms with Crippen LogP contribution in [0.25, 0.3) is 6.08 Å². The first-order valence-corrected chi connectivity index (χ1v) is 12.7. The van der Waals surface area contributed by atoms with Gasteiger partial charge in [0.15, 0.2) is 11.5 Å². The van der Waals surface area contributed by atoms with Crippen molar-refractivity contribution in [1.29, 1.82) is 0 Å². The average molecular weight is 481 g/mol. The minimum Gasteiger partial charge on any atom is -0.489 e. The molecule has 1 rings (SSSR count). The molecule has 0 atom stereocenters. The molecule has 0 aliphatic carbocycles. The van der Waals surface area contributed by atoms with E-state index < -0.39 is 5.97 Å². The third kappa shape index (κ3) is 9.35. The van der Waals surface area contributed by atoms with E-state index in [2.05, 4.69) is 0 Å². The summed E-state index contributed by atoms with van der Waals surface area (Å²) in [6.45, 7) is 16.2. The molecule has 0 aromatic heterocycles. The molecular formula is C27H44O7. The van der Waals surface area contributed by atoms with Gasteiger partial charge in [-0.15, -0.1) is 0 Å². The van der Waals surface area contributed by atoms with Crippen LogP contribution in [0.2, 0.25) is 0 Å². The maximum Gasteiger partial charge on any atom is 0.331 e. The molecule has 0 N–H and O–H groups in total. The quantitative estimate of drug-likeness (QED) is 0.173. The minimum absolute atomic E-state index is 0.222. The molecule has 0 saturated carbocycles. The minimum atomic E-state index is -0.448. The van der Waals surface area contributed by atoms with E-state index in [9.17, 15) is 4.79 Å². The normalized spacial score (nSPS) is 11.1. The van der Waals surface area contributed by atoms with Crippen molar-refractivity contribution in [2.24, 2.45) is 0 Å². The molecule has 0 radical (unpaired) electrons. The van der Waals surface area contributed by atoms with Crippen molar-refractivity contribution >= 4 is 12.0 Å². The zero-order valence-electron chi connectivity index (χ0n) is 22.2. The molecule has 0 amide bonds. The molecule has 7 heteroatoms. The van der Waals surface area contributed by atoms with E-state index >= 15 is 0 Å². The number of ether oxygens (including phenoxy) is 6. The second-order valence-corrected chi connectivity index (χ2v) is 8.12. The van der Waals surface area contributed by atoms with Gasteiger partial charge in [0.2, 0.25) is 17.2 Å². The Hall–Kier alpha value is -2.57. The van der Waals surface area contributed by atoms with Crippen molar-refractivity contribution in [3.63, 3.8) is 0 Å². The number of rotatable bonds is 18. The Morgan fingerprint density at radius 3 is 1.26 bits per heavy atom. The lowest BCUT2D eigenvalue weighted by Gasteiger charge is -2.25. The van der Waals surface area contributed by atoms with Crippen LogP contribution in [-0.2, 0) is 9.53 Å². The highest BCUT2D eigenvalue weighted by atomic mass is 16.6. The fourth-order valence-corrected chi connectivity index (χ4v) is 2.93. The van der Waals surface area contributed by atoms with Crippen molar-refractivity contribution in [3.05, 3.63) is 11.6 Å². The van der Waals surface area contributed by atoms with E-state index in [1.807, 2.05) is 48.5 Å². The predicted octanol–water partition coefficient (Wildman–Crippen LogP) is 6.60. The predicted molar refractivity (Wildman–Crippen MR) is 136 cm³/mol. The average Bonchev–Trinajstić information content (AvgIpc) is 2.81. The summed E-state index contributed by atoms with van der Waals surface area (Å²) in [5, 5.41) is 0. The molecular weight excluding hydrogens is 436 g/mol. The van der Waals surface area contributed by atoms with Gasteiger partial charge in [0.1, 0.15) is 0 Å². The highest BCUT2D eigenvalue weighted by molar-refractivity contribution is 5.90. The zero-order valence-corrected chi connectivity index (χ0v) is 22.2. The molecule has 0 aliphatic heterocycles. The lowest BCUT2D eigenvalue weighted by molar-refractivity contribution is -0.141. The highest BCUT2D eigenvalue weighted by Crippen LogP contribution is 2.54. The van der Waals surface area contributed by atoms with E-state index in [1.54, 1.807) is 6.08 Å². The molecule has 0 aliphatic rings. The van der Waals surface area contributed by atoms with Crippen LogP contribution in [0.4, 0.5) is 0 Å². The maximum atomic E-state index is 12.3. The standard InChI is InChI=1S/C27H44O7/c1-8-15-29-23-21(13-14-22(28)34-20(6)7)24(30-16-9-2)26(32-18-11-4)27(33-19-12-5)25(23)31-17-10-3/h13-14,20H,8-12,15-19H2,1-7H3. The highest BCUT2D eigenvalue weighted by Gasteiger charge is 2.29. The van der Waals surface area contributed by atoms with Crippen molar-refractivity contribution in [2.75, 3.05) is 33.0 Å². The Labute approximate surface area is 205 Å². The number of carbonyl (C=O) groups excluding carboxylic acids is 1. The van der Waals surface area contributed by atoms with E-state index in [-0.39, 0.29) is 6.10 Å². The Morgan fingerprint density at radius 2 is 0.941 bits per heavy atom. The fraction of sp³-hybridized carbons (Fsp3) is 0.667. The fourth-order valence-electron chi connectivity index (χ4n) is 2.93. The van der Waals surface area contributed by atoms with Gasteiger partial charge in [-0.3, -0.25) is 0 Å². The summed E-state index contributed by atoms with van der Waals surface area (Å²) in [5.41, 5.74) is 0.573. The smallest absolute Gasteiger partial charge is 0.331 e. The monoisotopic (exact) mass is 480 g/mol. The molecule has 7 nitrogen and oxygen atoms in total. The van der Waals surface area contributed by atoms with Gasteiger partial charge < -0.3 is 28.4 Å². The lowest BCUT2D eigenvalue weighted by atomic mass is 10.1. The first-order chi connectivity index (χ1) is 16.4. The molecule has 1 aromatic rings. The Kier molecular flexibility index (Phi) is 14.7. The number of hydrogen-bond donors (Lipinski definition) is 0. The van der Waals surface area contributed by atoms with Crippen molar-refractivity contribution in [1.82, 2.24) is 0 Å². The van der Waals surface area contributed by atoms with Gasteiger partial charge in [0.25, 0.3) is 0 Å². The summed E-state index contributed by atoms with van der Waals surface area (Å²) >= 11 is 0. The summed E-state index contributed by atoms with van der Waals surface area (Å²) in [6, 6.07) is 0. The summed E-state index contributed by atoms with van der Waals surface area (Å²) < 4.78 is 36.2. The first kappa shape index (κ1) is 29.5. The van der Waals surface area contributed by atoms with Gasteiger partial charge in [-0.2, -0.15) is 0 Å². The van der Waals surface area contributed by atoms with Gasteiger partial charge >= 0.3 is 5.97 Å². The Morgan fingerprint density at radius 1 is 0.618 bits per heavy atom. The Bertz CT molecular complexity index is 715.